The predicted octanol–water partition coefficient (Wildman–Crippen LogP) is 2.61. The number of carbonyl (C=O) groups excluding carboxylic acids is 3. The highest BCUT2D eigenvalue weighted by atomic mass is 16.5. The van der Waals surface area contributed by atoms with Crippen molar-refractivity contribution >= 4 is 23.4 Å². The molecule has 1 atom stereocenters. The average Bonchev–Trinajstić information content (AvgIpc) is 3.06. The highest BCUT2D eigenvalue weighted by molar-refractivity contribution is 6.46. The lowest BCUT2D eigenvalue weighted by molar-refractivity contribution is -0.140. The van der Waals surface area contributed by atoms with Gasteiger partial charge < -0.3 is 29.1 Å². The Labute approximate surface area is 198 Å². The number of amides is 1. The number of methoxy groups -OCH3 is 2. The first kappa shape index (κ1) is 24.8. The smallest absolute Gasteiger partial charge is 0.308 e. The highest BCUT2D eigenvalue weighted by Crippen LogP contribution is 2.41. The summed E-state index contributed by atoms with van der Waals surface area (Å²) in [5.41, 5.74) is 0.752. The van der Waals surface area contributed by atoms with Crippen LogP contribution in [-0.2, 0) is 14.4 Å². The summed E-state index contributed by atoms with van der Waals surface area (Å²) in [4.78, 5) is 40.8. The molecule has 2 aromatic carbocycles. The summed E-state index contributed by atoms with van der Waals surface area (Å²) in [6, 6.07) is 10.4. The number of rotatable bonds is 8. The monoisotopic (exact) mass is 468 g/mol. The molecule has 0 aromatic heterocycles. The van der Waals surface area contributed by atoms with Crippen molar-refractivity contribution in [2.45, 2.75) is 13.0 Å². The van der Waals surface area contributed by atoms with Crippen molar-refractivity contribution in [3.05, 3.63) is 59.2 Å². The Balaban J connectivity index is 2.18. The zero-order valence-electron chi connectivity index (χ0n) is 19.8. The fourth-order valence-corrected chi connectivity index (χ4v) is 3.79. The fraction of sp³-hybridized carbons (Fsp3) is 0.320. The Morgan fingerprint density at radius 1 is 1.03 bits per heavy atom. The third kappa shape index (κ3) is 5.04. The maximum Gasteiger partial charge on any atom is 0.308 e. The van der Waals surface area contributed by atoms with E-state index in [0.29, 0.717) is 29.4 Å². The Hall–Kier alpha value is -3.85. The van der Waals surface area contributed by atoms with Crippen molar-refractivity contribution in [2.24, 2.45) is 0 Å². The number of ether oxygens (including phenoxy) is 3. The summed E-state index contributed by atoms with van der Waals surface area (Å²) < 4.78 is 15.7. The molecule has 1 unspecified atom stereocenters. The van der Waals surface area contributed by atoms with Crippen molar-refractivity contribution < 1.29 is 33.7 Å². The summed E-state index contributed by atoms with van der Waals surface area (Å²) in [7, 11) is 6.65. The second-order valence-corrected chi connectivity index (χ2v) is 8.02. The number of aliphatic hydroxyl groups is 1. The molecular weight excluding hydrogens is 440 g/mol. The lowest BCUT2D eigenvalue weighted by Crippen LogP contribution is -2.35. The molecule has 9 nitrogen and oxygen atoms in total. The van der Waals surface area contributed by atoms with Crippen LogP contribution in [0.5, 0.6) is 17.2 Å². The second-order valence-electron chi connectivity index (χ2n) is 8.02. The molecule has 34 heavy (non-hydrogen) atoms. The summed E-state index contributed by atoms with van der Waals surface area (Å²) in [6.45, 7) is 2.07. The lowest BCUT2D eigenvalue weighted by Gasteiger charge is -2.26. The quantitative estimate of drug-likeness (QED) is 0.207. The molecule has 0 spiro atoms. The van der Waals surface area contributed by atoms with Gasteiger partial charge in [0.15, 0.2) is 0 Å². The number of ketones is 1. The summed E-state index contributed by atoms with van der Waals surface area (Å²) >= 11 is 0. The molecule has 9 heteroatoms. The van der Waals surface area contributed by atoms with E-state index >= 15 is 0 Å². The molecule has 1 fully saturated rings. The molecule has 1 heterocycles. The van der Waals surface area contributed by atoms with Crippen LogP contribution >= 0.6 is 0 Å². The summed E-state index contributed by atoms with van der Waals surface area (Å²) in [5, 5.41) is 11.3. The molecule has 0 saturated carbocycles. The molecule has 180 valence electrons. The maximum atomic E-state index is 13.2. The fourth-order valence-electron chi connectivity index (χ4n) is 3.79. The number of hydrogen-bond acceptors (Lipinski definition) is 8. The first-order valence-corrected chi connectivity index (χ1v) is 10.6. The third-order valence-corrected chi connectivity index (χ3v) is 5.45. The van der Waals surface area contributed by atoms with Gasteiger partial charge in [-0.05, 0) is 50.0 Å². The molecule has 0 aliphatic carbocycles. The van der Waals surface area contributed by atoms with E-state index in [-0.39, 0.29) is 23.4 Å². The molecule has 1 N–H and O–H groups in total. The van der Waals surface area contributed by atoms with E-state index in [1.807, 2.05) is 19.0 Å². The molecule has 1 saturated heterocycles. The van der Waals surface area contributed by atoms with E-state index in [1.165, 1.54) is 26.0 Å². The van der Waals surface area contributed by atoms with E-state index < -0.39 is 23.7 Å². The van der Waals surface area contributed by atoms with Crippen LogP contribution in [0.4, 0.5) is 0 Å². The van der Waals surface area contributed by atoms with Crippen LogP contribution in [0.25, 0.3) is 5.76 Å². The van der Waals surface area contributed by atoms with Gasteiger partial charge in [-0.3, -0.25) is 14.4 Å². The van der Waals surface area contributed by atoms with Gasteiger partial charge in [-0.25, -0.2) is 0 Å². The third-order valence-electron chi connectivity index (χ3n) is 5.45. The SMILES string of the molecule is COc1ccc(OC)c(/C(O)=C2\C(=O)C(=O)N(CCN(C)C)C2c2ccc(OC(C)=O)cc2)c1. The van der Waals surface area contributed by atoms with Gasteiger partial charge in [0.1, 0.15) is 23.0 Å². The minimum absolute atomic E-state index is 0.0597. The van der Waals surface area contributed by atoms with Crippen LogP contribution < -0.4 is 14.2 Å². The number of esters is 1. The second kappa shape index (κ2) is 10.4. The Morgan fingerprint density at radius 2 is 1.68 bits per heavy atom. The molecular formula is C25H28N2O7. The molecule has 1 aliphatic rings. The van der Waals surface area contributed by atoms with Crippen molar-refractivity contribution in [1.29, 1.82) is 0 Å². The normalized spacial score (nSPS) is 17.2. The first-order chi connectivity index (χ1) is 16.2. The van der Waals surface area contributed by atoms with Crippen LogP contribution in [0.15, 0.2) is 48.0 Å². The van der Waals surface area contributed by atoms with Crippen LogP contribution in [0.2, 0.25) is 0 Å². The number of aliphatic hydroxyl groups excluding tert-OH is 1. The Bertz CT molecular complexity index is 1120. The number of Topliss-reactive ketones (excluding diaryl/α,β-unsaturated/α-hetero) is 1. The predicted molar refractivity (Wildman–Crippen MR) is 125 cm³/mol. The van der Waals surface area contributed by atoms with Gasteiger partial charge in [-0.2, -0.15) is 0 Å². The van der Waals surface area contributed by atoms with E-state index in [9.17, 15) is 19.5 Å². The molecule has 1 aliphatic heterocycles. The lowest BCUT2D eigenvalue weighted by atomic mass is 9.95. The number of benzene rings is 2. The van der Waals surface area contributed by atoms with Crippen molar-refractivity contribution in [2.75, 3.05) is 41.4 Å². The zero-order chi connectivity index (χ0) is 25.0. The van der Waals surface area contributed by atoms with E-state index in [0.717, 1.165) is 0 Å². The Morgan fingerprint density at radius 3 is 2.24 bits per heavy atom. The topological polar surface area (TPSA) is 106 Å². The van der Waals surface area contributed by atoms with Gasteiger partial charge in [0.2, 0.25) is 0 Å². The number of carbonyl (C=O) groups is 3. The van der Waals surface area contributed by atoms with E-state index in [1.54, 1.807) is 42.5 Å². The zero-order valence-corrected chi connectivity index (χ0v) is 19.8. The minimum atomic E-state index is -0.845. The molecule has 2 aromatic rings. The Kier molecular flexibility index (Phi) is 7.57. The molecule has 3 rings (SSSR count). The van der Waals surface area contributed by atoms with Crippen molar-refractivity contribution in [3.8, 4) is 17.2 Å². The van der Waals surface area contributed by atoms with Crippen molar-refractivity contribution in [1.82, 2.24) is 9.80 Å². The van der Waals surface area contributed by atoms with E-state index in [4.69, 9.17) is 14.2 Å². The van der Waals surface area contributed by atoms with Gasteiger partial charge >= 0.3 is 5.97 Å². The highest BCUT2D eigenvalue weighted by Gasteiger charge is 2.46. The number of likely N-dealkylation sites (N-methyl/N-ethyl adjacent to an activating group) is 1. The number of likely N-dealkylation sites (tertiary alicyclic amines) is 1. The van der Waals surface area contributed by atoms with Gasteiger partial charge in [0.25, 0.3) is 11.7 Å². The standard InChI is InChI=1S/C25H28N2O7/c1-15(28)34-17-8-6-16(7-9-17)22-21(24(30)25(31)27(22)13-12-26(2)3)23(29)19-14-18(32-4)10-11-20(19)33-5/h6-11,14,22,29H,12-13H2,1-5H3/b23-21+. The van der Waals surface area contributed by atoms with E-state index in [2.05, 4.69) is 0 Å². The number of hydrogen-bond donors (Lipinski definition) is 1. The van der Waals surface area contributed by atoms with Gasteiger partial charge in [0, 0.05) is 20.0 Å². The summed E-state index contributed by atoms with van der Waals surface area (Å²) in [6.07, 6.45) is 0. The number of nitrogens with zero attached hydrogens (tertiary/aromatic N) is 2. The van der Waals surface area contributed by atoms with Gasteiger partial charge in [0.05, 0.1) is 31.4 Å². The minimum Gasteiger partial charge on any atom is -0.507 e. The summed E-state index contributed by atoms with van der Waals surface area (Å²) in [5.74, 6) is -1.23. The van der Waals surface area contributed by atoms with Crippen LogP contribution in [-0.4, -0.2) is 74.0 Å². The average molecular weight is 469 g/mol. The van der Waals surface area contributed by atoms with Gasteiger partial charge in [-0.1, -0.05) is 12.1 Å². The van der Waals surface area contributed by atoms with Crippen LogP contribution in [0, 0.1) is 0 Å². The first-order valence-electron chi connectivity index (χ1n) is 10.6. The van der Waals surface area contributed by atoms with Crippen LogP contribution in [0.3, 0.4) is 0 Å². The molecule has 0 radical (unpaired) electrons. The van der Waals surface area contributed by atoms with Gasteiger partial charge in [-0.15, -0.1) is 0 Å². The molecule has 0 bridgehead atoms. The molecule has 1 amide bonds. The largest absolute Gasteiger partial charge is 0.507 e. The van der Waals surface area contributed by atoms with Crippen LogP contribution in [0.1, 0.15) is 24.1 Å². The van der Waals surface area contributed by atoms with Crippen molar-refractivity contribution in [3.63, 3.8) is 0 Å². The maximum absolute atomic E-state index is 13.2.